The van der Waals surface area contributed by atoms with Gasteiger partial charge in [0.05, 0.1) is 11.8 Å². The fraction of sp³-hybridized carbons (Fsp3) is 0.389. The van der Waals surface area contributed by atoms with Gasteiger partial charge >= 0.3 is 0 Å². The monoisotopic (exact) mass is 361 g/mol. The molecule has 1 N–H and O–H groups in total. The highest BCUT2D eigenvalue weighted by atomic mass is 35.5. The number of rotatable bonds is 5. The molecule has 1 aromatic carbocycles. The molecule has 1 aliphatic rings. The average molecular weight is 362 g/mol. The van der Waals surface area contributed by atoms with Gasteiger partial charge in [-0.3, -0.25) is 14.8 Å². The van der Waals surface area contributed by atoms with Crippen LogP contribution >= 0.6 is 11.6 Å². The maximum atomic E-state index is 12.4. The third-order valence-corrected chi connectivity index (χ3v) is 4.57. The number of carbonyl (C=O) groups is 1. The summed E-state index contributed by atoms with van der Waals surface area (Å²) >= 11 is 5.91. The largest absolute Gasteiger partial charge is 0.483 e. The van der Waals surface area contributed by atoms with Gasteiger partial charge in [-0.25, -0.2) is 0 Å². The SMILES string of the molecule is Cc1cc(Cl)ccc1OCC(=O)N1C[C@@H](Cc2cnccn2)[C@H](O)C1. The molecule has 3 rings (SSSR count). The Hall–Kier alpha value is -2.18. The molecule has 1 saturated heterocycles. The van der Waals surface area contributed by atoms with Crippen LogP contribution in [0.15, 0.2) is 36.8 Å². The molecule has 0 aliphatic carbocycles. The summed E-state index contributed by atoms with van der Waals surface area (Å²) in [7, 11) is 0. The van der Waals surface area contributed by atoms with Crippen molar-refractivity contribution in [1.29, 1.82) is 0 Å². The number of nitrogens with zero attached hydrogens (tertiary/aromatic N) is 3. The summed E-state index contributed by atoms with van der Waals surface area (Å²) in [6, 6.07) is 5.27. The van der Waals surface area contributed by atoms with Crippen LogP contribution in [0.25, 0.3) is 0 Å². The number of ether oxygens (including phenoxy) is 1. The number of aliphatic hydroxyl groups is 1. The van der Waals surface area contributed by atoms with Crippen LogP contribution in [0.4, 0.5) is 0 Å². The van der Waals surface area contributed by atoms with Gasteiger partial charge in [-0.2, -0.15) is 0 Å². The summed E-state index contributed by atoms with van der Waals surface area (Å²) in [5.74, 6) is 0.446. The van der Waals surface area contributed by atoms with Crippen LogP contribution in [-0.2, 0) is 11.2 Å². The van der Waals surface area contributed by atoms with E-state index in [-0.39, 0.29) is 18.4 Å². The molecule has 25 heavy (non-hydrogen) atoms. The number of aliphatic hydroxyl groups excluding tert-OH is 1. The Morgan fingerprint density at radius 1 is 1.40 bits per heavy atom. The summed E-state index contributed by atoms with van der Waals surface area (Å²) in [6.07, 6.45) is 4.95. The molecule has 0 spiro atoms. The molecule has 0 saturated carbocycles. The van der Waals surface area contributed by atoms with E-state index in [0.29, 0.717) is 30.3 Å². The van der Waals surface area contributed by atoms with E-state index in [2.05, 4.69) is 9.97 Å². The predicted molar refractivity (Wildman–Crippen MR) is 93.5 cm³/mol. The van der Waals surface area contributed by atoms with Gasteiger partial charge in [0.2, 0.25) is 0 Å². The summed E-state index contributed by atoms with van der Waals surface area (Å²) in [4.78, 5) is 22.3. The van der Waals surface area contributed by atoms with Gasteiger partial charge in [-0.1, -0.05) is 11.6 Å². The van der Waals surface area contributed by atoms with Crippen LogP contribution in [0.5, 0.6) is 5.75 Å². The van der Waals surface area contributed by atoms with Gasteiger partial charge in [0, 0.05) is 42.6 Å². The predicted octanol–water partition coefficient (Wildman–Crippen LogP) is 1.88. The van der Waals surface area contributed by atoms with Crippen LogP contribution in [0.3, 0.4) is 0 Å². The molecule has 2 aromatic rings. The van der Waals surface area contributed by atoms with Crippen molar-refractivity contribution in [1.82, 2.24) is 14.9 Å². The minimum atomic E-state index is -0.566. The van der Waals surface area contributed by atoms with E-state index < -0.39 is 6.10 Å². The number of halogens is 1. The lowest BCUT2D eigenvalue weighted by molar-refractivity contribution is -0.132. The van der Waals surface area contributed by atoms with Crippen molar-refractivity contribution in [3.63, 3.8) is 0 Å². The van der Waals surface area contributed by atoms with Crippen molar-refractivity contribution in [3.05, 3.63) is 53.1 Å². The minimum Gasteiger partial charge on any atom is -0.483 e. The fourth-order valence-electron chi connectivity index (χ4n) is 2.97. The second-order valence-electron chi connectivity index (χ2n) is 6.23. The van der Waals surface area contributed by atoms with Crippen LogP contribution < -0.4 is 4.74 Å². The first-order chi connectivity index (χ1) is 12.0. The molecular weight excluding hydrogens is 342 g/mol. The average Bonchev–Trinajstić information content (AvgIpc) is 2.95. The van der Waals surface area contributed by atoms with Gasteiger partial charge in [0.15, 0.2) is 6.61 Å². The lowest BCUT2D eigenvalue weighted by Gasteiger charge is -2.17. The highest BCUT2D eigenvalue weighted by molar-refractivity contribution is 6.30. The molecule has 0 unspecified atom stereocenters. The van der Waals surface area contributed by atoms with Crippen LogP contribution in [0, 0.1) is 12.8 Å². The Morgan fingerprint density at radius 2 is 2.24 bits per heavy atom. The zero-order valence-electron chi connectivity index (χ0n) is 13.9. The minimum absolute atomic E-state index is 0.0436. The molecule has 2 atom stereocenters. The maximum absolute atomic E-state index is 12.4. The van der Waals surface area contributed by atoms with E-state index >= 15 is 0 Å². The zero-order valence-corrected chi connectivity index (χ0v) is 14.7. The summed E-state index contributed by atoms with van der Waals surface area (Å²) in [5, 5.41) is 10.9. The lowest BCUT2D eigenvalue weighted by atomic mass is 10.0. The van der Waals surface area contributed by atoms with Crippen molar-refractivity contribution >= 4 is 17.5 Å². The van der Waals surface area contributed by atoms with E-state index in [1.54, 1.807) is 41.7 Å². The molecule has 6 nitrogen and oxygen atoms in total. The highest BCUT2D eigenvalue weighted by Crippen LogP contribution is 2.23. The number of carbonyl (C=O) groups excluding carboxylic acids is 1. The van der Waals surface area contributed by atoms with Gasteiger partial charge in [0.1, 0.15) is 5.75 Å². The number of benzene rings is 1. The van der Waals surface area contributed by atoms with Crippen LogP contribution in [-0.4, -0.2) is 51.7 Å². The molecule has 0 radical (unpaired) electrons. The third kappa shape index (κ3) is 4.46. The number of hydrogen-bond acceptors (Lipinski definition) is 5. The van der Waals surface area contributed by atoms with Crippen molar-refractivity contribution in [2.45, 2.75) is 19.4 Å². The Morgan fingerprint density at radius 3 is 2.96 bits per heavy atom. The van der Waals surface area contributed by atoms with Crippen LogP contribution in [0.1, 0.15) is 11.3 Å². The Labute approximate surface area is 151 Å². The smallest absolute Gasteiger partial charge is 0.260 e. The number of β-amino-alcohol motifs (C(OH)–C–C–N with tert-alkyl or cyclic N) is 1. The van der Waals surface area contributed by atoms with E-state index in [1.807, 2.05) is 6.92 Å². The van der Waals surface area contributed by atoms with Crippen molar-refractivity contribution in [3.8, 4) is 5.75 Å². The van der Waals surface area contributed by atoms with Crippen LogP contribution in [0.2, 0.25) is 5.02 Å². The molecule has 2 heterocycles. The first-order valence-electron chi connectivity index (χ1n) is 8.12. The van der Waals surface area contributed by atoms with E-state index in [4.69, 9.17) is 16.3 Å². The van der Waals surface area contributed by atoms with Crippen molar-refractivity contribution in [2.75, 3.05) is 19.7 Å². The fourth-order valence-corrected chi connectivity index (χ4v) is 3.19. The number of aromatic nitrogens is 2. The number of amides is 1. The summed E-state index contributed by atoms with van der Waals surface area (Å²) in [6.45, 7) is 2.61. The molecule has 1 aromatic heterocycles. The number of aryl methyl sites for hydroxylation is 1. The molecule has 0 bridgehead atoms. The molecular formula is C18H20ClN3O3. The number of likely N-dealkylation sites (tertiary alicyclic amines) is 1. The normalized spacial score (nSPS) is 19.9. The molecule has 1 amide bonds. The summed E-state index contributed by atoms with van der Waals surface area (Å²) in [5.41, 5.74) is 1.69. The Bertz CT molecular complexity index is 742. The third-order valence-electron chi connectivity index (χ3n) is 4.34. The first kappa shape index (κ1) is 17.6. The standard InChI is InChI=1S/C18H20ClN3O3/c1-12-6-14(19)2-3-17(12)25-11-18(24)22-9-13(16(23)10-22)7-15-8-20-4-5-21-15/h2-6,8,13,16,23H,7,9-11H2,1H3/t13-,16-/m1/s1. The van der Waals surface area contributed by atoms with E-state index in [9.17, 15) is 9.90 Å². The van der Waals surface area contributed by atoms with E-state index in [0.717, 1.165) is 11.3 Å². The molecule has 1 aliphatic heterocycles. The quantitative estimate of drug-likeness (QED) is 0.880. The Kier molecular flexibility index (Phi) is 5.50. The van der Waals surface area contributed by atoms with Gasteiger partial charge in [0.25, 0.3) is 5.91 Å². The Balaban J connectivity index is 1.54. The highest BCUT2D eigenvalue weighted by Gasteiger charge is 2.34. The van der Waals surface area contributed by atoms with Gasteiger partial charge in [-0.05, 0) is 37.1 Å². The van der Waals surface area contributed by atoms with Crippen molar-refractivity contribution < 1.29 is 14.6 Å². The second kappa shape index (κ2) is 7.80. The molecule has 1 fully saturated rings. The van der Waals surface area contributed by atoms with Gasteiger partial charge < -0.3 is 14.7 Å². The first-order valence-corrected chi connectivity index (χ1v) is 8.50. The zero-order chi connectivity index (χ0) is 17.8. The maximum Gasteiger partial charge on any atom is 0.260 e. The second-order valence-corrected chi connectivity index (χ2v) is 6.66. The van der Waals surface area contributed by atoms with Gasteiger partial charge in [-0.15, -0.1) is 0 Å². The van der Waals surface area contributed by atoms with E-state index in [1.165, 1.54) is 0 Å². The van der Waals surface area contributed by atoms with Crippen molar-refractivity contribution in [2.24, 2.45) is 5.92 Å². The number of hydrogen-bond donors (Lipinski definition) is 1. The molecule has 7 heteroatoms. The lowest BCUT2D eigenvalue weighted by Crippen LogP contribution is -2.33. The molecule has 132 valence electrons. The summed E-state index contributed by atoms with van der Waals surface area (Å²) < 4.78 is 5.60. The topological polar surface area (TPSA) is 75.5 Å².